The first-order chi connectivity index (χ1) is 10.3. The quantitative estimate of drug-likeness (QED) is 0.798. The van der Waals surface area contributed by atoms with Crippen LogP contribution in [0.4, 0.5) is 5.69 Å². The summed E-state index contributed by atoms with van der Waals surface area (Å²) in [6.45, 7) is 2.60. The summed E-state index contributed by atoms with van der Waals surface area (Å²) in [6.07, 6.45) is 6.96. The monoisotopic (exact) mass is 280 g/mol. The Balaban J connectivity index is 2.07. The highest BCUT2D eigenvalue weighted by Gasteiger charge is 2.10. The van der Waals surface area contributed by atoms with Crippen molar-refractivity contribution in [3.63, 3.8) is 0 Å². The summed E-state index contributed by atoms with van der Waals surface area (Å²) >= 11 is 0. The van der Waals surface area contributed by atoms with Crippen molar-refractivity contribution >= 4 is 5.69 Å². The lowest BCUT2D eigenvalue weighted by Gasteiger charge is -2.11. The molecule has 2 heterocycles. The Labute approximate surface area is 123 Å². The van der Waals surface area contributed by atoms with Gasteiger partial charge in [-0.05, 0) is 25.1 Å². The highest BCUT2D eigenvalue weighted by Crippen LogP contribution is 2.27. The number of anilines is 1. The van der Waals surface area contributed by atoms with Crippen LogP contribution in [0.15, 0.2) is 55.2 Å². The van der Waals surface area contributed by atoms with Gasteiger partial charge in [0.2, 0.25) is 0 Å². The molecule has 106 valence electrons. The zero-order valence-electron chi connectivity index (χ0n) is 11.7. The highest BCUT2D eigenvalue weighted by atomic mass is 16.5. The Morgan fingerprint density at radius 3 is 2.90 bits per heavy atom. The number of nitrogen functional groups attached to an aromatic ring is 1. The summed E-state index contributed by atoms with van der Waals surface area (Å²) in [5.74, 6) is 0.828. The fourth-order valence-electron chi connectivity index (χ4n) is 2.21. The second kappa shape index (κ2) is 5.66. The molecule has 5 nitrogen and oxygen atoms in total. The molecule has 0 atom stereocenters. The van der Waals surface area contributed by atoms with Crippen molar-refractivity contribution in [3.8, 4) is 22.7 Å². The van der Waals surface area contributed by atoms with E-state index < -0.39 is 0 Å². The summed E-state index contributed by atoms with van der Waals surface area (Å²) in [5, 5.41) is 0. The van der Waals surface area contributed by atoms with Gasteiger partial charge < -0.3 is 10.5 Å². The Kier molecular flexibility index (Phi) is 3.55. The zero-order valence-corrected chi connectivity index (χ0v) is 11.7. The molecule has 0 bridgehead atoms. The van der Waals surface area contributed by atoms with E-state index in [1.165, 1.54) is 0 Å². The molecular weight excluding hydrogens is 264 g/mol. The predicted molar refractivity (Wildman–Crippen MR) is 82.4 cm³/mol. The van der Waals surface area contributed by atoms with Crippen molar-refractivity contribution in [2.45, 2.75) is 6.92 Å². The van der Waals surface area contributed by atoms with Crippen LogP contribution in [0.25, 0.3) is 16.9 Å². The second-order valence-corrected chi connectivity index (χ2v) is 4.54. The summed E-state index contributed by atoms with van der Waals surface area (Å²) in [4.78, 5) is 8.37. The van der Waals surface area contributed by atoms with Gasteiger partial charge in [-0.3, -0.25) is 9.55 Å². The van der Waals surface area contributed by atoms with Gasteiger partial charge in [-0.15, -0.1) is 0 Å². The van der Waals surface area contributed by atoms with Crippen molar-refractivity contribution in [2.75, 3.05) is 12.3 Å². The van der Waals surface area contributed by atoms with Gasteiger partial charge in [0.05, 0.1) is 30.5 Å². The van der Waals surface area contributed by atoms with E-state index in [4.69, 9.17) is 10.5 Å². The smallest absolute Gasteiger partial charge is 0.121 e. The van der Waals surface area contributed by atoms with Crippen LogP contribution < -0.4 is 10.5 Å². The van der Waals surface area contributed by atoms with E-state index in [0.717, 1.165) is 22.7 Å². The molecular formula is C16H16N4O. The number of imidazole rings is 1. The number of pyridine rings is 1. The molecule has 0 unspecified atom stereocenters. The second-order valence-electron chi connectivity index (χ2n) is 4.54. The van der Waals surface area contributed by atoms with Gasteiger partial charge >= 0.3 is 0 Å². The summed E-state index contributed by atoms with van der Waals surface area (Å²) in [5.41, 5.74) is 9.43. The van der Waals surface area contributed by atoms with Crippen LogP contribution in [-0.4, -0.2) is 21.1 Å². The molecule has 3 aromatic rings. The van der Waals surface area contributed by atoms with Gasteiger partial charge in [0, 0.05) is 29.7 Å². The minimum atomic E-state index is 0.635. The number of hydrogen-bond donors (Lipinski definition) is 1. The third-order valence-electron chi connectivity index (χ3n) is 3.18. The topological polar surface area (TPSA) is 66.0 Å². The fraction of sp³-hybridized carbons (Fsp3) is 0.125. The number of nitrogens with two attached hydrogens (primary N) is 1. The molecule has 2 N–H and O–H groups in total. The summed E-state index contributed by atoms with van der Waals surface area (Å²) in [6, 6.07) is 9.64. The molecule has 0 amide bonds. The van der Waals surface area contributed by atoms with Crippen LogP contribution in [0, 0.1) is 0 Å². The van der Waals surface area contributed by atoms with Gasteiger partial charge in [-0.1, -0.05) is 6.07 Å². The van der Waals surface area contributed by atoms with Gasteiger partial charge in [0.15, 0.2) is 0 Å². The standard InChI is InChI=1S/C16H16N4O/c1-2-21-13-5-3-4-12(8-13)20-11-19-10-16(20)14-9-18-7-6-15(14)17/h3-11H,2H2,1H3,(H2,17,18). The van der Waals surface area contributed by atoms with E-state index in [-0.39, 0.29) is 0 Å². The lowest BCUT2D eigenvalue weighted by molar-refractivity contribution is 0.340. The molecule has 5 heteroatoms. The fourth-order valence-corrected chi connectivity index (χ4v) is 2.21. The Bertz CT molecular complexity index is 751. The van der Waals surface area contributed by atoms with Crippen molar-refractivity contribution in [1.82, 2.24) is 14.5 Å². The normalized spacial score (nSPS) is 10.5. The Morgan fingerprint density at radius 1 is 1.19 bits per heavy atom. The lowest BCUT2D eigenvalue weighted by atomic mass is 10.2. The molecule has 21 heavy (non-hydrogen) atoms. The number of hydrogen-bond acceptors (Lipinski definition) is 4. The van der Waals surface area contributed by atoms with Crippen molar-refractivity contribution in [1.29, 1.82) is 0 Å². The third-order valence-corrected chi connectivity index (χ3v) is 3.18. The Hall–Kier alpha value is -2.82. The molecule has 3 rings (SSSR count). The first kappa shape index (κ1) is 13.2. The van der Waals surface area contributed by atoms with Crippen molar-refractivity contribution in [3.05, 3.63) is 55.2 Å². The molecule has 0 radical (unpaired) electrons. The largest absolute Gasteiger partial charge is 0.494 e. The van der Waals surface area contributed by atoms with Crippen LogP contribution in [-0.2, 0) is 0 Å². The molecule has 0 fully saturated rings. The van der Waals surface area contributed by atoms with Gasteiger partial charge in [0.1, 0.15) is 5.75 Å². The molecule has 0 aliphatic heterocycles. The van der Waals surface area contributed by atoms with Gasteiger partial charge in [-0.25, -0.2) is 4.98 Å². The van der Waals surface area contributed by atoms with E-state index in [0.29, 0.717) is 12.3 Å². The van der Waals surface area contributed by atoms with E-state index >= 15 is 0 Å². The SMILES string of the molecule is CCOc1cccc(-n2cncc2-c2cnccc2N)c1. The van der Waals surface area contributed by atoms with Crippen LogP contribution in [0.1, 0.15) is 6.92 Å². The first-order valence-electron chi connectivity index (χ1n) is 6.75. The molecule has 1 aromatic carbocycles. The highest BCUT2D eigenvalue weighted by molar-refractivity contribution is 5.73. The molecule has 0 saturated heterocycles. The average Bonchev–Trinajstić information content (AvgIpc) is 2.98. The summed E-state index contributed by atoms with van der Waals surface area (Å²) < 4.78 is 7.51. The van der Waals surface area contributed by atoms with E-state index in [9.17, 15) is 0 Å². The lowest BCUT2D eigenvalue weighted by Crippen LogP contribution is -1.99. The van der Waals surface area contributed by atoms with Crippen LogP contribution in [0.2, 0.25) is 0 Å². The molecule has 0 saturated carbocycles. The van der Waals surface area contributed by atoms with E-state index in [2.05, 4.69) is 9.97 Å². The molecule has 0 aliphatic rings. The number of benzene rings is 1. The minimum absolute atomic E-state index is 0.635. The molecule has 2 aromatic heterocycles. The first-order valence-corrected chi connectivity index (χ1v) is 6.75. The van der Waals surface area contributed by atoms with E-state index in [1.54, 1.807) is 31.0 Å². The van der Waals surface area contributed by atoms with Crippen LogP contribution in [0.3, 0.4) is 0 Å². The third kappa shape index (κ3) is 2.58. The zero-order chi connectivity index (χ0) is 14.7. The average molecular weight is 280 g/mol. The van der Waals surface area contributed by atoms with Crippen LogP contribution in [0.5, 0.6) is 5.75 Å². The maximum absolute atomic E-state index is 6.03. The van der Waals surface area contributed by atoms with Gasteiger partial charge in [-0.2, -0.15) is 0 Å². The maximum Gasteiger partial charge on any atom is 0.121 e. The number of rotatable bonds is 4. The number of aromatic nitrogens is 3. The maximum atomic E-state index is 6.03. The van der Waals surface area contributed by atoms with E-state index in [1.807, 2.05) is 35.8 Å². The van der Waals surface area contributed by atoms with Crippen LogP contribution >= 0.6 is 0 Å². The minimum Gasteiger partial charge on any atom is -0.494 e. The molecule has 0 spiro atoms. The summed E-state index contributed by atoms with van der Waals surface area (Å²) in [7, 11) is 0. The Morgan fingerprint density at radius 2 is 2.10 bits per heavy atom. The van der Waals surface area contributed by atoms with Crippen molar-refractivity contribution in [2.24, 2.45) is 0 Å². The predicted octanol–water partition coefficient (Wildman–Crippen LogP) is 2.92. The number of ether oxygens (including phenoxy) is 1. The van der Waals surface area contributed by atoms with Crippen molar-refractivity contribution < 1.29 is 4.74 Å². The van der Waals surface area contributed by atoms with Gasteiger partial charge in [0.25, 0.3) is 0 Å². The number of nitrogens with zero attached hydrogens (tertiary/aromatic N) is 3. The molecule has 0 aliphatic carbocycles.